The van der Waals surface area contributed by atoms with Crippen LogP contribution in [0, 0.1) is 0 Å². The van der Waals surface area contributed by atoms with Gasteiger partial charge in [-0.1, -0.05) is 12.1 Å². The predicted octanol–water partition coefficient (Wildman–Crippen LogP) is -0.0872. The third-order valence-electron chi connectivity index (χ3n) is 1.46. The van der Waals surface area contributed by atoms with Crippen LogP contribution in [0.5, 0.6) is 5.75 Å². The number of hydrogen-bond acceptors (Lipinski definition) is 2. The number of ether oxygens (including phenoxy) is 1. The van der Waals surface area contributed by atoms with Gasteiger partial charge >= 0.3 is 0 Å². The first-order valence-electron chi connectivity index (χ1n) is 3.87. The van der Waals surface area contributed by atoms with Gasteiger partial charge in [-0.15, -0.1) is 4.43 Å². The summed E-state index contributed by atoms with van der Waals surface area (Å²) >= 11 is 1.05. The second-order valence-electron chi connectivity index (χ2n) is 2.80. The second kappa shape index (κ2) is 4.30. The molecule has 62 valence electrons. The Morgan fingerprint density at radius 1 is 1.42 bits per heavy atom. The van der Waals surface area contributed by atoms with Gasteiger partial charge in [0.1, 0.15) is 12.4 Å². The Labute approximate surface area is 80.0 Å². The van der Waals surface area contributed by atoms with Crippen LogP contribution in [0.25, 0.3) is 0 Å². The van der Waals surface area contributed by atoms with Crippen molar-refractivity contribution in [3.8, 4) is 5.75 Å². The fourth-order valence-electron chi connectivity index (χ4n) is 0.819. The molecule has 0 spiro atoms. The molecule has 0 aliphatic heterocycles. The number of Topliss-reactive ketones (excluding diaryl/α,β-unsaturated/α-hetero) is 1. The number of benzene rings is 1. The Balaban J connectivity index is 2.53. The molecule has 0 unspecified atom stereocenters. The van der Waals surface area contributed by atoms with Crippen molar-refractivity contribution in [2.45, 2.75) is 6.92 Å². The summed E-state index contributed by atoms with van der Waals surface area (Å²) in [5.41, 5.74) is 0. The maximum Gasteiger partial charge on any atom is 0.258 e. The molecule has 0 bridgehead atoms. The van der Waals surface area contributed by atoms with E-state index < -0.39 is 0 Å². The third kappa shape index (κ3) is 3.08. The van der Waals surface area contributed by atoms with Crippen LogP contribution in [-0.2, 0) is 4.79 Å². The van der Waals surface area contributed by atoms with Crippen LogP contribution < -0.4 is 9.16 Å². The van der Waals surface area contributed by atoms with Gasteiger partial charge in [0.25, 0.3) is 16.3 Å². The summed E-state index contributed by atoms with van der Waals surface area (Å²) in [6, 6.07) is 7.82. The SMILES string of the molecule is CC(=O)COc1cc[c]([AlH2])cc1. The largest absolute Gasteiger partial charge is 0.486 e. The zero-order valence-corrected chi connectivity index (χ0v) is 9.33. The molecule has 0 amide bonds. The highest BCUT2D eigenvalue weighted by Crippen LogP contribution is 2.06. The van der Waals surface area contributed by atoms with Crippen molar-refractivity contribution in [3.05, 3.63) is 24.3 Å². The van der Waals surface area contributed by atoms with Crippen molar-refractivity contribution < 1.29 is 9.53 Å². The van der Waals surface area contributed by atoms with E-state index >= 15 is 0 Å². The summed E-state index contributed by atoms with van der Waals surface area (Å²) in [6.07, 6.45) is 0. The molecule has 0 radical (unpaired) electrons. The Kier molecular flexibility index (Phi) is 3.34. The molecular weight excluding hydrogens is 167 g/mol. The molecule has 1 rings (SSSR count). The van der Waals surface area contributed by atoms with Crippen molar-refractivity contribution in [1.29, 1.82) is 0 Å². The van der Waals surface area contributed by atoms with Crippen LogP contribution in [0.1, 0.15) is 6.92 Å². The summed E-state index contributed by atoms with van der Waals surface area (Å²) in [5, 5.41) is 0. The Morgan fingerprint density at radius 2 is 2.00 bits per heavy atom. The minimum Gasteiger partial charge on any atom is -0.486 e. The molecular formula is C9H11AlO2. The number of hydrogen-bond donors (Lipinski definition) is 0. The van der Waals surface area contributed by atoms with Crippen molar-refractivity contribution in [1.82, 2.24) is 0 Å². The topological polar surface area (TPSA) is 26.3 Å². The molecule has 0 saturated carbocycles. The Morgan fingerprint density at radius 3 is 2.50 bits per heavy atom. The van der Waals surface area contributed by atoms with E-state index in [9.17, 15) is 4.79 Å². The van der Waals surface area contributed by atoms with Gasteiger partial charge < -0.3 is 4.74 Å². The Bertz CT molecular complexity index is 266. The van der Waals surface area contributed by atoms with Crippen LogP contribution in [0.2, 0.25) is 0 Å². The minimum absolute atomic E-state index is 0.0463. The van der Waals surface area contributed by atoms with Gasteiger partial charge in [0.05, 0.1) is 0 Å². The molecule has 0 aromatic heterocycles. The summed E-state index contributed by atoms with van der Waals surface area (Å²) in [5.74, 6) is 0.815. The van der Waals surface area contributed by atoms with E-state index in [0.29, 0.717) is 0 Å². The lowest BCUT2D eigenvalue weighted by molar-refractivity contribution is -0.118. The molecule has 0 aliphatic rings. The highest BCUT2D eigenvalue weighted by molar-refractivity contribution is 6.32. The van der Waals surface area contributed by atoms with E-state index in [1.165, 1.54) is 11.3 Å². The smallest absolute Gasteiger partial charge is 0.258 e. The average Bonchev–Trinajstić information content (AvgIpc) is 2.03. The van der Waals surface area contributed by atoms with Crippen LogP contribution in [-0.4, -0.2) is 28.7 Å². The number of ketones is 1. The quantitative estimate of drug-likeness (QED) is 0.605. The van der Waals surface area contributed by atoms with E-state index in [2.05, 4.69) is 0 Å². The molecule has 0 aliphatic carbocycles. The molecule has 0 N–H and O–H groups in total. The van der Waals surface area contributed by atoms with Crippen molar-refractivity contribution in [2.75, 3.05) is 6.61 Å². The lowest BCUT2D eigenvalue weighted by atomic mass is 10.3. The molecule has 1 aromatic carbocycles. The number of carbonyl (C=O) groups excluding carboxylic acids is 1. The molecule has 12 heavy (non-hydrogen) atoms. The maximum atomic E-state index is 10.6. The van der Waals surface area contributed by atoms with Gasteiger partial charge in [-0.3, -0.25) is 4.79 Å². The highest BCUT2D eigenvalue weighted by Gasteiger charge is 1.94. The van der Waals surface area contributed by atoms with Crippen LogP contribution in [0.4, 0.5) is 0 Å². The summed E-state index contributed by atoms with van der Waals surface area (Å²) < 4.78 is 6.51. The summed E-state index contributed by atoms with van der Waals surface area (Å²) in [7, 11) is 0. The van der Waals surface area contributed by atoms with Crippen molar-refractivity contribution in [2.24, 2.45) is 0 Å². The third-order valence-corrected chi connectivity index (χ3v) is 2.13. The standard InChI is InChI=1S/C9H9O2.Al.2H/c1-8(10)7-11-9-5-3-2-4-6-9;;;/h3-6H,7H2,1H3;;;. The lowest BCUT2D eigenvalue weighted by Crippen LogP contribution is -2.07. The van der Waals surface area contributed by atoms with Crippen LogP contribution >= 0.6 is 0 Å². The molecule has 1 aromatic rings. The molecule has 0 atom stereocenters. The van der Waals surface area contributed by atoms with E-state index in [4.69, 9.17) is 4.74 Å². The monoisotopic (exact) mass is 178 g/mol. The molecule has 3 heteroatoms. The predicted molar refractivity (Wildman–Crippen MR) is 50.8 cm³/mol. The van der Waals surface area contributed by atoms with E-state index in [1.54, 1.807) is 0 Å². The molecule has 0 fully saturated rings. The average molecular weight is 178 g/mol. The maximum absolute atomic E-state index is 10.6. The van der Waals surface area contributed by atoms with Gasteiger partial charge in [-0.2, -0.15) is 0 Å². The fourth-order valence-corrected chi connectivity index (χ4v) is 1.15. The molecule has 0 heterocycles. The first-order valence-corrected chi connectivity index (χ1v) is 4.87. The number of carbonyl (C=O) groups is 1. The Hall–Kier alpha value is -0.778. The van der Waals surface area contributed by atoms with E-state index in [1.807, 2.05) is 24.3 Å². The first kappa shape index (κ1) is 9.31. The summed E-state index contributed by atoms with van der Waals surface area (Å²) in [4.78, 5) is 10.6. The minimum atomic E-state index is 0.0463. The van der Waals surface area contributed by atoms with Gasteiger partial charge in [0.2, 0.25) is 0 Å². The van der Waals surface area contributed by atoms with Crippen LogP contribution in [0.3, 0.4) is 0 Å². The first-order chi connectivity index (χ1) is 5.68. The number of rotatable bonds is 3. The molecule has 2 nitrogen and oxygen atoms in total. The fraction of sp³-hybridized carbons (Fsp3) is 0.222. The highest BCUT2D eigenvalue weighted by atomic mass is 27.0. The van der Waals surface area contributed by atoms with Gasteiger partial charge in [-0.25, -0.2) is 0 Å². The van der Waals surface area contributed by atoms with Crippen LogP contribution in [0.15, 0.2) is 24.3 Å². The van der Waals surface area contributed by atoms with Gasteiger partial charge in [0.15, 0.2) is 5.78 Å². The van der Waals surface area contributed by atoms with E-state index in [0.717, 1.165) is 22.0 Å². The van der Waals surface area contributed by atoms with Gasteiger partial charge in [-0.05, 0) is 19.1 Å². The zero-order valence-electron chi connectivity index (χ0n) is 7.33. The van der Waals surface area contributed by atoms with Crippen molar-refractivity contribution in [3.63, 3.8) is 0 Å². The van der Waals surface area contributed by atoms with Gasteiger partial charge in [0, 0.05) is 0 Å². The second-order valence-corrected chi connectivity index (χ2v) is 3.96. The summed E-state index contributed by atoms with van der Waals surface area (Å²) in [6.45, 7) is 1.68. The van der Waals surface area contributed by atoms with Crippen molar-refractivity contribution >= 4 is 26.5 Å². The van der Waals surface area contributed by atoms with E-state index in [-0.39, 0.29) is 12.4 Å². The lowest BCUT2D eigenvalue weighted by Gasteiger charge is -2.02. The molecule has 0 saturated heterocycles. The normalized spacial score (nSPS) is 9.42. The zero-order chi connectivity index (χ0) is 8.97.